The fraction of sp³-hybridized carbons (Fsp3) is 0.355. The van der Waals surface area contributed by atoms with Gasteiger partial charge in [-0.15, -0.1) is 0 Å². The van der Waals surface area contributed by atoms with Crippen LogP contribution in [0.4, 0.5) is 30.8 Å². The number of likely N-dealkylation sites (tertiary alicyclic amines) is 1. The normalized spacial score (nSPS) is 16.3. The summed E-state index contributed by atoms with van der Waals surface area (Å²) in [6.45, 7) is 5.00. The van der Waals surface area contributed by atoms with E-state index in [-0.39, 0.29) is 47.9 Å². The van der Waals surface area contributed by atoms with Gasteiger partial charge >= 0.3 is 6.03 Å². The molecule has 3 N–H and O–H groups in total. The van der Waals surface area contributed by atoms with E-state index in [4.69, 9.17) is 10.5 Å². The van der Waals surface area contributed by atoms with Gasteiger partial charge in [-0.3, -0.25) is 19.8 Å². The molecule has 1 saturated heterocycles. The summed E-state index contributed by atoms with van der Waals surface area (Å²) in [5.74, 6) is -2.14. The van der Waals surface area contributed by atoms with Gasteiger partial charge in [0.1, 0.15) is 28.5 Å². The third-order valence-electron chi connectivity index (χ3n) is 8.15. The number of primary amides is 1. The molecule has 2 aliphatic rings. The molecule has 4 amide bonds. The Morgan fingerprint density at radius 1 is 1.05 bits per heavy atom. The van der Waals surface area contributed by atoms with E-state index in [1.807, 2.05) is 0 Å². The zero-order valence-electron chi connectivity index (χ0n) is 24.1. The summed E-state index contributed by atoms with van der Waals surface area (Å²) in [4.78, 5) is 47.7. The summed E-state index contributed by atoms with van der Waals surface area (Å²) < 4.78 is 35.0. The number of halogens is 2. The topological polar surface area (TPSA) is 121 Å². The monoisotopic (exact) mass is 592 g/mol. The second kappa shape index (κ2) is 12.3. The standard InChI is InChI=1S/C31H34F2N6O4/c1-3-38-16-11-21(12-17-38)37(2)30(42)36-27-19-24(10-15-35-27)43-23-8-9-26(25(33)18-23)39(22-6-4-20(32)5-7-22)29(41)31(13-14-31)28(34)40/h4-10,15,18-19,21H,3,11-14,16-17H2,1-2H3,(H2,34,40)(H,35,36,42). The van der Waals surface area contributed by atoms with Crippen LogP contribution in [-0.4, -0.2) is 65.4 Å². The number of nitrogens with two attached hydrogens (primary N) is 1. The van der Waals surface area contributed by atoms with Crippen molar-refractivity contribution in [3.63, 3.8) is 0 Å². The lowest BCUT2D eigenvalue weighted by molar-refractivity contribution is -0.133. The molecule has 1 aliphatic carbocycles. The van der Waals surface area contributed by atoms with Gasteiger partial charge in [-0.05, 0) is 74.7 Å². The number of nitrogens with zero attached hydrogens (tertiary/aromatic N) is 4. The molecule has 226 valence electrons. The number of urea groups is 1. The van der Waals surface area contributed by atoms with Crippen LogP contribution in [0.1, 0.15) is 32.6 Å². The van der Waals surface area contributed by atoms with Gasteiger partial charge in [-0.2, -0.15) is 0 Å². The van der Waals surface area contributed by atoms with Crippen molar-refractivity contribution in [2.24, 2.45) is 11.1 Å². The zero-order chi connectivity index (χ0) is 30.7. The second-order valence-electron chi connectivity index (χ2n) is 10.9. The molecule has 2 fully saturated rings. The molecule has 0 atom stereocenters. The SMILES string of the molecule is CCN1CCC(N(C)C(=O)Nc2cc(Oc3ccc(N(C(=O)C4(C(N)=O)CC4)c4ccc(F)cc4)c(F)c3)ccn2)CC1. The number of ether oxygens (including phenoxy) is 1. The number of benzene rings is 2. The number of anilines is 3. The van der Waals surface area contributed by atoms with E-state index >= 15 is 4.39 Å². The molecular weight excluding hydrogens is 558 g/mol. The highest BCUT2D eigenvalue weighted by atomic mass is 19.1. The van der Waals surface area contributed by atoms with Crippen LogP contribution in [-0.2, 0) is 9.59 Å². The Labute approximate surface area is 248 Å². The van der Waals surface area contributed by atoms with Gasteiger partial charge in [0.25, 0.3) is 0 Å². The van der Waals surface area contributed by atoms with Gasteiger partial charge < -0.3 is 20.3 Å². The van der Waals surface area contributed by atoms with Gasteiger partial charge in [-0.1, -0.05) is 6.92 Å². The average molecular weight is 593 g/mol. The highest BCUT2D eigenvalue weighted by Crippen LogP contribution is 2.49. The van der Waals surface area contributed by atoms with Crippen LogP contribution in [0.3, 0.4) is 0 Å². The number of amides is 4. The molecular formula is C31H34F2N6O4. The van der Waals surface area contributed by atoms with Crippen LogP contribution in [0.15, 0.2) is 60.8 Å². The minimum Gasteiger partial charge on any atom is -0.457 e. The van der Waals surface area contributed by atoms with Crippen molar-refractivity contribution in [3.8, 4) is 11.5 Å². The Kier molecular flexibility index (Phi) is 8.58. The number of hydrogen-bond donors (Lipinski definition) is 2. The largest absolute Gasteiger partial charge is 0.457 e. The fourth-order valence-corrected chi connectivity index (χ4v) is 5.26. The molecule has 3 aromatic rings. The molecule has 10 nitrogen and oxygen atoms in total. The number of nitrogens with one attached hydrogen (secondary N) is 1. The lowest BCUT2D eigenvalue weighted by Gasteiger charge is -2.36. The first kappa shape index (κ1) is 29.9. The quantitative estimate of drug-likeness (QED) is 0.336. The molecule has 12 heteroatoms. The molecule has 43 heavy (non-hydrogen) atoms. The molecule has 1 aliphatic heterocycles. The Hall–Kier alpha value is -4.58. The predicted molar refractivity (Wildman–Crippen MR) is 157 cm³/mol. The minimum atomic E-state index is -1.44. The van der Waals surface area contributed by atoms with Crippen molar-refractivity contribution >= 4 is 35.0 Å². The van der Waals surface area contributed by atoms with E-state index in [1.54, 1.807) is 18.0 Å². The van der Waals surface area contributed by atoms with Gasteiger partial charge in [0.15, 0.2) is 5.82 Å². The number of piperidine rings is 1. The maximum absolute atomic E-state index is 15.6. The summed E-state index contributed by atoms with van der Waals surface area (Å²) in [5, 5.41) is 2.79. The van der Waals surface area contributed by atoms with Crippen molar-refractivity contribution in [3.05, 3.63) is 72.4 Å². The number of carbonyl (C=O) groups excluding carboxylic acids is 3. The van der Waals surface area contributed by atoms with Crippen molar-refractivity contribution in [1.29, 1.82) is 0 Å². The van der Waals surface area contributed by atoms with Gasteiger partial charge in [0.2, 0.25) is 11.8 Å². The van der Waals surface area contributed by atoms with E-state index in [9.17, 15) is 18.8 Å². The molecule has 2 aromatic carbocycles. The maximum Gasteiger partial charge on any atom is 0.323 e. The highest BCUT2D eigenvalue weighted by Gasteiger charge is 2.57. The van der Waals surface area contributed by atoms with E-state index < -0.39 is 28.9 Å². The summed E-state index contributed by atoms with van der Waals surface area (Å²) in [7, 11) is 1.76. The Balaban J connectivity index is 1.31. The smallest absolute Gasteiger partial charge is 0.323 e. The Bertz CT molecular complexity index is 1510. The third kappa shape index (κ3) is 6.43. The Morgan fingerprint density at radius 3 is 2.33 bits per heavy atom. The molecule has 2 heterocycles. The van der Waals surface area contributed by atoms with Crippen LogP contribution < -0.4 is 20.7 Å². The molecule has 1 saturated carbocycles. The first-order chi connectivity index (χ1) is 20.6. The first-order valence-corrected chi connectivity index (χ1v) is 14.2. The molecule has 0 spiro atoms. The first-order valence-electron chi connectivity index (χ1n) is 14.2. The van der Waals surface area contributed by atoms with Crippen LogP contribution in [0.2, 0.25) is 0 Å². The predicted octanol–water partition coefficient (Wildman–Crippen LogP) is 5.03. The zero-order valence-corrected chi connectivity index (χ0v) is 24.1. The maximum atomic E-state index is 15.6. The summed E-state index contributed by atoms with van der Waals surface area (Å²) in [6, 6.07) is 11.7. The number of pyridine rings is 1. The number of hydrogen-bond acceptors (Lipinski definition) is 6. The van der Waals surface area contributed by atoms with Crippen molar-refractivity contribution in [1.82, 2.24) is 14.8 Å². The molecule has 1 aromatic heterocycles. The van der Waals surface area contributed by atoms with Crippen LogP contribution in [0.25, 0.3) is 0 Å². The van der Waals surface area contributed by atoms with Crippen molar-refractivity contribution in [2.45, 2.75) is 38.6 Å². The molecule has 0 unspecified atom stereocenters. The summed E-state index contributed by atoms with van der Waals surface area (Å²) >= 11 is 0. The fourth-order valence-electron chi connectivity index (χ4n) is 5.26. The minimum absolute atomic E-state index is 0.118. The van der Waals surface area contributed by atoms with E-state index in [2.05, 4.69) is 22.1 Å². The lowest BCUT2D eigenvalue weighted by Crippen LogP contribution is -2.46. The number of rotatable bonds is 9. The Morgan fingerprint density at radius 2 is 1.72 bits per heavy atom. The van der Waals surface area contributed by atoms with Crippen molar-refractivity contribution < 1.29 is 27.9 Å². The van der Waals surface area contributed by atoms with Crippen LogP contribution in [0.5, 0.6) is 11.5 Å². The van der Waals surface area contributed by atoms with Gasteiger partial charge in [0.05, 0.1) is 5.69 Å². The highest BCUT2D eigenvalue weighted by molar-refractivity contribution is 6.16. The number of aromatic nitrogens is 1. The summed E-state index contributed by atoms with van der Waals surface area (Å²) in [6.07, 6.45) is 3.74. The molecule has 5 rings (SSSR count). The van der Waals surface area contributed by atoms with E-state index in [1.165, 1.54) is 36.5 Å². The van der Waals surface area contributed by atoms with Gasteiger partial charge in [-0.25, -0.2) is 18.6 Å². The molecule has 0 radical (unpaired) electrons. The van der Waals surface area contributed by atoms with E-state index in [0.29, 0.717) is 5.75 Å². The van der Waals surface area contributed by atoms with Crippen molar-refractivity contribution in [2.75, 3.05) is 36.9 Å². The lowest BCUT2D eigenvalue weighted by atomic mass is 10.0. The number of carbonyl (C=O) groups is 3. The second-order valence-corrected chi connectivity index (χ2v) is 10.9. The van der Waals surface area contributed by atoms with Gasteiger partial charge in [0, 0.05) is 50.2 Å². The molecule has 0 bridgehead atoms. The van der Waals surface area contributed by atoms with Crippen LogP contribution in [0, 0.1) is 17.0 Å². The average Bonchev–Trinajstić information content (AvgIpc) is 3.82. The van der Waals surface area contributed by atoms with E-state index in [0.717, 1.165) is 55.6 Å². The summed E-state index contributed by atoms with van der Waals surface area (Å²) in [5.41, 5.74) is 4.11. The van der Waals surface area contributed by atoms with Crippen LogP contribution >= 0.6 is 0 Å². The third-order valence-corrected chi connectivity index (χ3v) is 8.15.